The molecule has 0 saturated carbocycles. The van der Waals surface area contributed by atoms with Crippen LogP contribution in [0.2, 0.25) is 0 Å². The number of carbonyl (C=O) groups excluding carboxylic acids is 2. The summed E-state index contributed by atoms with van der Waals surface area (Å²) in [5.41, 5.74) is 2.18. The van der Waals surface area contributed by atoms with Gasteiger partial charge in [0.05, 0.1) is 23.6 Å². The zero-order chi connectivity index (χ0) is 24.8. The number of thiazole rings is 1. The minimum absolute atomic E-state index is 0.0204. The molecule has 1 heterocycles. The van der Waals surface area contributed by atoms with Crippen LogP contribution in [0, 0.1) is 5.82 Å². The molecule has 35 heavy (non-hydrogen) atoms. The molecule has 2 amide bonds. The van der Waals surface area contributed by atoms with E-state index in [2.05, 4.69) is 15.6 Å². The highest BCUT2D eigenvalue weighted by Gasteiger charge is 2.17. The molecule has 1 aromatic heterocycles. The third-order valence-corrected chi connectivity index (χ3v) is 6.88. The number of carbonyl (C=O) groups is 2. The molecule has 6 nitrogen and oxygen atoms in total. The van der Waals surface area contributed by atoms with Crippen LogP contribution >= 0.6 is 23.1 Å². The predicted octanol–water partition coefficient (Wildman–Crippen LogP) is 6.33. The maximum atomic E-state index is 13.8. The Morgan fingerprint density at radius 3 is 2.54 bits per heavy atom. The van der Waals surface area contributed by atoms with Crippen LogP contribution in [0.1, 0.15) is 17.3 Å². The fourth-order valence-electron chi connectivity index (χ4n) is 3.17. The maximum absolute atomic E-state index is 13.8. The highest BCUT2D eigenvalue weighted by Crippen LogP contribution is 2.29. The van der Waals surface area contributed by atoms with Crippen molar-refractivity contribution in [3.05, 3.63) is 89.6 Å². The third kappa shape index (κ3) is 6.26. The summed E-state index contributed by atoms with van der Waals surface area (Å²) in [5.74, 6) is -0.525. The summed E-state index contributed by atoms with van der Waals surface area (Å²) in [6.45, 7) is 1.81. The summed E-state index contributed by atoms with van der Waals surface area (Å²) in [5, 5.41) is 7.57. The molecule has 2 N–H and O–H groups in total. The van der Waals surface area contributed by atoms with Crippen LogP contribution < -0.4 is 15.4 Å². The quantitative estimate of drug-likeness (QED) is 0.273. The van der Waals surface area contributed by atoms with Crippen molar-refractivity contribution in [3.8, 4) is 17.0 Å². The summed E-state index contributed by atoms with van der Waals surface area (Å²) < 4.78 is 19.0. The molecule has 0 aliphatic carbocycles. The second-order valence-corrected chi connectivity index (χ2v) is 9.75. The van der Waals surface area contributed by atoms with Gasteiger partial charge in [-0.05, 0) is 55.5 Å². The number of thioether (sulfide) groups is 1. The lowest BCUT2D eigenvalue weighted by Crippen LogP contribution is -2.22. The van der Waals surface area contributed by atoms with E-state index in [4.69, 9.17) is 4.74 Å². The van der Waals surface area contributed by atoms with E-state index in [-0.39, 0.29) is 16.7 Å². The molecule has 178 valence electrons. The van der Waals surface area contributed by atoms with Gasteiger partial charge < -0.3 is 15.4 Å². The van der Waals surface area contributed by atoms with Gasteiger partial charge in [0.2, 0.25) is 5.91 Å². The SMILES string of the molecule is COc1cccc(-c2csc(NC(=O)C(C)Sc3ccc(NC(=O)c4ccccc4F)cc3)n2)c1. The van der Waals surface area contributed by atoms with Gasteiger partial charge in [0.25, 0.3) is 5.91 Å². The number of ether oxygens (including phenoxy) is 1. The van der Waals surface area contributed by atoms with Crippen molar-refractivity contribution in [2.24, 2.45) is 0 Å². The number of benzene rings is 3. The molecule has 4 aromatic rings. The van der Waals surface area contributed by atoms with Crippen molar-refractivity contribution in [1.29, 1.82) is 0 Å². The molecule has 0 spiro atoms. The van der Waals surface area contributed by atoms with Crippen molar-refractivity contribution in [3.63, 3.8) is 0 Å². The van der Waals surface area contributed by atoms with Crippen molar-refractivity contribution in [1.82, 2.24) is 4.98 Å². The van der Waals surface area contributed by atoms with Crippen molar-refractivity contribution < 1.29 is 18.7 Å². The van der Waals surface area contributed by atoms with Crippen molar-refractivity contribution in [2.45, 2.75) is 17.1 Å². The predicted molar refractivity (Wildman–Crippen MR) is 139 cm³/mol. The average Bonchev–Trinajstić information content (AvgIpc) is 3.34. The summed E-state index contributed by atoms with van der Waals surface area (Å²) in [6, 6.07) is 20.4. The fraction of sp³-hybridized carbons (Fsp3) is 0.115. The normalized spacial score (nSPS) is 11.5. The number of nitrogens with one attached hydrogen (secondary N) is 2. The Kier molecular flexibility index (Phi) is 7.79. The molecule has 0 fully saturated rings. The molecule has 0 radical (unpaired) electrons. The number of nitrogens with zero attached hydrogens (tertiary/aromatic N) is 1. The number of hydrogen-bond acceptors (Lipinski definition) is 6. The third-order valence-electron chi connectivity index (χ3n) is 5.01. The van der Waals surface area contributed by atoms with E-state index in [9.17, 15) is 14.0 Å². The van der Waals surface area contributed by atoms with E-state index in [0.717, 1.165) is 21.9 Å². The lowest BCUT2D eigenvalue weighted by molar-refractivity contribution is -0.115. The first-order valence-corrected chi connectivity index (χ1v) is 12.4. The number of amides is 2. The van der Waals surface area contributed by atoms with Crippen LogP contribution in [0.15, 0.2) is 83.1 Å². The van der Waals surface area contributed by atoms with Crippen LogP contribution in [0.4, 0.5) is 15.2 Å². The van der Waals surface area contributed by atoms with Gasteiger partial charge >= 0.3 is 0 Å². The number of hydrogen-bond donors (Lipinski definition) is 2. The minimum Gasteiger partial charge on any atom is -0.497 e. The zero-order valence-corrected chi connectivity index (χ0v) is 20.6. The number of halogens is 1. The van der Waals surface area contributed by atoms with Gasteiger partial charge in [0.1, 0.15) is 11.6 Å². The molecule has 0 aliphatic rings. The highest BCUT2D eigenvalue weighted by atomic mass is 32.2. The smallest absolute Gasteiger partial charge is 0.258 e. The Balaban J connectivity index is 1.33. The fourth-order valence-corrected chi connectivity index (χ4v) is 4.76. The van der Waals surface area contributed by atoms with Crippen LogP contribution in [-0.2, 0) is 4.79 Å². The molecular formula is C26H22FN3O3S2. The van der Waals surface area contributed by atoms with E-state index in [1.807, 2.05) is 36.6 Å². The molecule has 1 atom stereocenters. The lowest BCUT2D eigenvalue weighted by atomic mass is 10.2. The van der Waals surface area contributed by atoms with Gasteiger partial charge in [-0.25, -0.2) is 9.37 Å². The second-order valence-electron chi connectivity index (χ2n) is 7.48. The van der Waals surface area contributed by atoms with E-state index in [0.29, 0.717) is 10.8 Å². The van der Waals surface area contributed by atoms with Crippen LogP contribution in [0.3, 0.4) is 0 Å². The van der Waals surface area contributed by atoms with Crippen molar-refractivity contribution in [2.75, 3.05) is 17.7 Å². The highest BCUT2D eigenvalue weighted by molar-refractivity contribution is 8.00. The van der Waals surface area contributed by atoms with E-state index >= 15 is 0 Å². The van der Waals surface area contributed by atoms with Crippen LogP contribution in [0.5, 0.6) is 5.75 Å². The Morgan fingerprint density at radius 1 is 1.03 bits per heavy atom. The molecule has 9 heteroatoms. The van der Waals surface area contributed by atoms with Gasteiger partial charge in [-0.15, -0.1) is 23.1 Å². The van der Waals surface area contributed by atoms with Crippen LogP contribution in [0.25, 0.3) is 11.3 Å². The lowest BCUT2D eigenvalue weighted by Gasteiger charge is -2.11. The van der Waals surface area contributed by atoms with Gasteiger partial charge in [-0.1, -0.05) is 24.3 Å². The van der Waals surface area contributed by atoms with Gasteiger partial charge in [0, 0.05) is 21.5 Å². The van der Waals surface area contributed by atoms with E-state index in [1.54, 1.807) is 37.4 Å². The number of anilines is 2. The molecule has 0 saturated heterocycles. The second kappa shape index (κ2) is 11.2. The monoisotopic (exact) mass is 507 g/mol. The van der Waals surface area contributed by atoms with E-state index in [1.165, 1.54) is 41.3 Å². The molecule has 3 aromatic carbocycles. The number of methoxy groups -OCH3 is 1. The summed E-state index contributed by atoms with van der Waals surface area (Å²) in [7, 11) is 1.61. The minimum atomic E-state index is -0.576. The first kappa shape index (κ1) is 24.4. The Morgan fingerprint density at radius 2 is 1.80 bits per heavy atom. The topological polar surface area (TPSA) is 80.3 Å². The van der Waals surface area contributed by atoms with Gasteiger partial charge in [0.15, 0.2) is 5.13 Å². The van der Waals surface area contributed by atoms with E-state index < -0.39 is 11.7 Å². The zero-order valence-electron chi connectivity index (χ0n) is 18.9. The molecule has 0 aliphatic heterocycles. The largest absolute Gasteiger partial charge is 0.497 e. The summed E-state index contributed by atoms with van der Waals surface area (Å²) >= 11 is 2.74. The standard InChI is InChI=1S/C26H22FN3O3S2/c1-16(24(31)30-26-29-23(15-34-26)17-6-5-7-19(14-17)33-2)35-20-12-10-18(11-13-20)28-25(32)21-8-3-4-9-22(21)27/h3-16H,1-2H3,(H,28,32)(H,29,30,31). The summed E-state index contributed by atoms with van der Waals surface area (Å²) in [6.07, 6.45) is 0. The average molecular weight is 508 g/mol. The Hall–Kier alpha value is -3.69. The van der Waals surface area contributed by atoms with Crippen molar-refractivity contribution >= 4 is 45.7 Å². The van der Waals surface area contributed by atoms with Gasteiger partial charge in [-0.3, -0.25) is 9.59 Å². The number of aromatic nitrogens is 1. The number of rotatable bonds is 8. The molecule has 1 unspecified atom stereocenters. The Labute approximate surface area is 210 Å². The molecule has 0 bridgehead atoms. The Bertz CT molecular complexity index is 1340. The first-order valence-electron chi connectivity index (χ1n) is 10.7. The maximum Gasteiger partial charge on any atom is 0.258 e. The molecule has 4 rings (SSSR count). The van der Waals surface area contributed by atoms with Crippen LogP contribution in [-0.4, -0.2) is 29.2 Å². The molecular weight excluding hydrogens is 485 g/mol. The summed E-state index contributed by atoms with van der Waals surface area (Å²) in [4.78, 5) is 30.3. The first-order chi connectivity index (χ1) is 16.9. The van der Waals surface area contributed by atoms with Gasteiger partial charge in [-0.2, -0.15) is 0 Å².